The average Bonchev–Trinajstić information content (AvgIpc) is 2.21. The van der Waals surface area contributed by atoms with E-state index >= 15 is 0 Å². The molecule has 1 atom stereocenters. The van der Waals surface area contributed by atoms with Crippen LogP contribution in [0.25, 0.3) is 0 Å². The van der Waals surface area contributed by atoms with Crippen LogP contribution in [-0.2, 0) is 9.53 Å². The van der Waals surface area contributed by atoms with E-state index in [2.05, 4.69) is 20.4 Å². The van der Waals surface area contributed by atoms with E-state index in [1.54, 1.807) is 0 Å². The summed E-state index contributed by atoms with van der Waals surface area (Å²) in [6.45, 7) is 13.9. The van der Waals surface area contributed by atoms with E-state index in [-0.39, 0.29) is 5.97 Å². The summed E-state index contributed by atoms with van der Waals surface area (Å²) in [4.78, 5) is 11.8. The molecular weight excluding hydrogens is 212 g/mol. The number of rotatable bonds is 7. The zero-order chi connectivity index (χ0) is 13.5. The first-order chi connectivity index (χ1) is 7.80. The Morgan fingerprint density at radius 3 is 2.29 bits per heavy atom. The molecule has 0 amide bonds. The Morgan fingerprint density at radius 2 is 1.88 bits per heavy atom. The van der Waals surface area contributed by atoms with Gasteiger partial charge in [-0.3, -0.25) is 0 Å². The van der Waals surface area contributed by atoms with Gasteiger partial charge in [0.15, 0.2) is 0 Å². The fourth-order valence-electron chi connectivity index (χ4n) is 1.73. The first kappa shape index (κ1) is 16.2. The summed E-state index contributed by atoms with van der Waals surface area (Å²) in [5.74, 6) is 0.322. The van der Waals surface area contributed by atoms with Crippen LogP contribution in [0.3, 0.4) is 0 Å². The highest BCUT2D eigenvalue weighted by Gasteiger charge is 2.20. The molecule has 0 aliphatic carbocycles. The molecule has 0 bridgehead atoms. The minimum Gasteiger partial charge on any atom is -0.457 e. The Kier molecular flexibility index (Phi) is 7.17. The molecule has 2 heteroatoms. The lowest BCUT2D eigenvalue weighted by Gasteiger charge is -2.22. The Hall–Kier alpha value is -0.790. The van der Waals surface area contributed by atoms with Gasteiger partial charge in [-0.25, -0.2) is 4.79 Å². The molecule has 0 spiro atoms. The normalized spacial score (nSPS) is 13.2. The first-order valence-corrected chi connectivity index (χ1v) is 6.71. The molecule has 1 unspecified atom stereocenters. The van der Waals surface area contributed by atoms with Crippen molar-refractivity contribution in [2.75, 3.05) is 0 Å². The van der Waals surface area contributed by atoms with Gasteiger partial charge in [0.1, 0.15) is 5.60 Å². The lowest BCUT2D eigenvalue weighted by molar-refractivity contribution is -0.150. The monoisotopic (exact) mass is 240 g/mol. The lowest BCUT2D eigenvalue weighted by atomic mass is 9.92. The first-order valence-electron chi connectivity index (χ1n) is 6.71. The maximum Gasteiger partial charge on any atom is 0.333 e. The number of ether oxygens (including phenoxy) is 1. The Bertz CT molecular complexity index is 248. The highest BCUT2D eigenvalue weighted by Crippen LogP contribution is 2.22. The van der Waals surface area contributed by atoms with Crippen LogP contribution in [0.4, 0.5) is 0 Å². The molecule has 0 saturated heterocycles. The quantitative estimate of drug-likeness (QED) is 0.484. The molecule has 2 nitrogen and oxygen atoms in total. The van der Waals surface area contributed by atoms with Crippen molar-refractivity contribution in [3.8, 4) is 0 Å². The van der Waals surface area contributed by atoms with Gasteiger partial charge in [-0.15, -0.1) is 0 Å². The van der Waals surface area contributed by atoms with Crippen LogP contribution in [0, 0.1) is 5.92 Å². The number of esters is 1. The molecular formula is C15H28O2. The number of hydrogen-bond acceptors (Lipinski definition) is 2. The van der Waals surface area contributed by atoms with E-state index in [1.165, 1.54) is 19.3 Å². The van der Waals surface area contributed by atoms with Crippen LogP contribution < -0.4 is 0 Å². The van der Waals surface area contributed by atoms with Gasteiger partial charge in [-0.05, 0) is 33.1 Å². The molecule has 0 fully saturated rings. The van der Waals surface area contributed by atoms with Crippen LogP contribution in [0.1, 0.15) is 66.7 Å². The summed E-state index contributed by atoms with van der Waals surface area (Å²) in [7, 11) is 0. The molecule has 0 aromatic carbocycles. The van der Waals surface area contributed by atoms with E-state index in [0.29, 0.717) is 11.5 Å². The van der Waals surface area contributed by atoms with Crippen molar-refractivity contribution in [2.45, 2.75) is 72.3 Å². The van der Waals surface area contributed by atoms with Gasteiger partial charge in [0.05, 0.1) is 0 Å². The van der Waals surface area contributed by atoms with Crippen molar-refractivity contribution in [2.24, 2.45) is 5.92 Å². The zero-order valence-corrected chi connectivity index (χ0v) is 12.1. The van der Waals surface area contributed by atoms with Gasteiger partial charge in [0, 0.05) is 5.57 Å². The van der Waals surface area contributed by atoms with E-state index in [0.717, 1.165) is 12.8 Å². The van der Waals surface area contributed by atoms with E-state index < -0.39 is 5.60 Å². The molecule has 17 heavy (non-hydrogen) atoms. The molecule has 0 saturated carbocycles. The van der Waals surface area contributed by atoms with Gasteiger partial charge in [-0.1, -0.05) is 46.1 Å². The third-order valence-corrected chi connectivity index (χ3v) is 2.77. The maximum absolute atomic E-state index is 11.8. The predicted octanol–water partition coefficient (Wildman–Crippen LogP) is 4.49. The van der Waals surface area contributed by atoms with Crippen LogP contribution in [-0.4, -0.2) is 11.6 Å². The van der Waals surface area contributed by atoms with Gasteiger partial charge in [-0.2, -0.15) is 0 Å². The summed E-state index contributed by atoms with van der Waals surface area (Å²) in [5.41, 5.74) is 0.188. The highest BCUT2D eigenvalue weighted by atomic mass is 16.6. The molecule has 0 aliphatic heterocycles. The minimum absolute atomic E-state index is 0.243. The van der Waals surface area contributed by atoms with Crippen molar-refractivity contribution in [1.82, 2.24) is 0 Å². The van der Waals surface area contributed by atoms with Crippen LogP contribution >= 0.6 is 0 Å². The molecule has 100 valence electrons. The molecule has 0 aliphatic rings. The van der Waals surface area contributed by atoms with Crippen molar-refractivity contribution in [1.29, 1.82) is 0 Å². The number of hydrogen-bond donors (Lipinski definition) is 0. The SMILES string of the molecule is C=C(CC(CC)CCCC)C(=O)OC(C)(C)C. The summed E-state index contributed by atoms with van der Waals surface area (Å²) in [6.07, 6.45) is 5.47. The molecule has 0 N–H and O–H groups in total. The third-order valence-electron chi connectivity index (χ3n) is 2.77. The second-order valence-electron chi connectivity index (χ2n) is 5.73. The molecule has 0 aromatic heterocycles. The van der Waals surface area contributed by atoms with Crippen LogP contribution in [0.5, 0.6) is 0 Å². The second kappa shape index (κ2) is 7.52. The van der Waals surface area contributed by atoms with E-state index in [4.69, 9.17) is 4.74 Å². The Labute approximate surface area is 106 Å². The smallest absolute Gasteiger partial charge is 0.333 e. The summed E-state index contributed by atoms with van der Waals surface area (Å²) in [6, 6.07) is 0. The lowest BCUT2D eigenvalue weighted by Crippen LogP contribution is -2.25. The van der Waals surface area contributed by atoms with Crippen molar-refractivity contribution >= 4 is 5.97 Å². The summed E-state index contributed by atoms with van der Waals surface area (Å²) < 4.78 is 5.31. The number of carbonyl (C=O) groups is 1. The van der Waals surface area contributed by atoms with Crippen molar-refractivity contribution < 1.29 is 9.53 Å². The standard InChI is InChI=1S/C15H28O2/c1-7-9-10-13(8-2)11-12(3)14(16)17-15(4,5)6/h13H,3,7-11H2,1-2,4-6H3. The molecule has 0 rings (SSSR count). The number of unbranched alkanes of at least 4 members (excludes halogenated alkanes) is 1. The largest absolute Gasteiger partial charge is 0.457 e. The van der Waals surface area contributed by atoms with Gasteiger partial charge in [0.2, 0.25) is 0 Å². The fourth-order valence-corrected chi connectivity index (χ4v) is 1.73. The predicted molar refractivity (Wildman–Crippen MR) is 72.9 cm³/mol. The maximum atomic E-state index is 11.8. The van der Waals surface area contributed by atoms with Gasteiger partial charge >= 0.3 is 5.97 Å². The highest BCUT2D eigenvalue weighted by molar-refractivity contribution is 5.88. The van der Waals surface area contributed by atoms with Crippen LogP contribution in [0.15, 0.2) is 12.2 Å². The summed E-state index contributed by atoms with van der Waals surface area (Å²) in [5, 5.41) is 0. The third kappa shape index (κ3) is 8.00. The van der Waals surface area contributed by atoms with Gasteiger partial charge < -0.3 is 4.74 Å². The Morgan fingerprint density at radius 1 is 1.29 bits per heavy atom. The average molecular weight is 240 g/mol. The van der Waals surface area contributed by atoms with Crippen LogP contribution in [0.2, 0.25) is 0 Å². The molecule has 0 heterocycles. The minimum atomic E-state index is -0.425. The number of carbonyl (C=O) groups excluding carboxylic acids is 1. The van der Waals surface area contributed by atoms with Crippen molar-refractivity contribution in [3.05, 3.63) is 12.2 Å². The van der Waals surface area contributed by atoms with E-state index in [1.807, 2.05) is 20.8 Å². The molecule has 0 radical (unpaired) electrons. The fraction of sp³-hybridized carbons (Fsp3) is 0.800. The molecule has 0 aromatic rings. The zero-order valence-electron chi connectivity index (χ0n) is 12.1. The van der Waals surface area contributed by atoms with E-state index in [9.17, 15) is 4.79 Å². The Balaban J connectivity index is 4.17. The second-order valence-corrected chi connectivity index (χ2v) is 5.73. The summed E-state index contributed by atoms with van der Waals surface area (Å²) >= 11 is 0. The van der Waals surface area contributed by atoms with Gasteiger partial charge in [0.25, 0.3) is 0 Å². The topological polar surface area (TPSA) is 26.3 Å². The van der Waals surface area contributed by atoms with Crippen molar-refractivity contribution in [3.63, 3.8) is 0 Å².